The molecule has 0 bridgehead atoms. The molecule has 1 aromatic carbocycles. The minimum atomic E-state index is -3.79. The SMILES string of the molecule is C=C/C(=C(\NC(=O)OC(C)(C)C)P(=O)(OCC)OCC)c1ccccc1. The summed E-state index contributed by atoms with van der Waals surface area (Å²) in [6.45, 7) is 12.7. The van der Waals surface area contributed by atoms with E-state index >= 15 is 0 Å². The van der Waals surface area contributed by atoms with Crippen LogP contribution >= 0.6 is 7.60 Å². The zero-order valence-electron chi connectivity index (χ0n) is 16.1. The highest BCUT2D eigenvalue weighted by Gasteiger charge is 2.35. The van der Waals surface area contributed by atoms with Crippen LogP contribution in [-0.2, 0) is 18.3 Å². The monoisotopic (exact) mass is 381 g/mol. The number of ether oxygens (including phenoxy) is 1. The number of allylic oxidation sites excluding steroid dienone is 2. The smallest absolute Gasteiger partial charge is 0.412 e. The number of nitrogens with one attached hydrogen (secondary N) is 1. The molecule has 144 valence electrons. The van der Waals surface area contributed by atoms with Crippen molar-refractivity contribution in [2.24, 2.45) is 0 Å². The van der Waals surface area contributed by atoms with Crippen molar-refractivity contribution in [1.29, 1.82) is 0 Å². The Kier molecular flexibility index (Phi) is 8.28. The second-order valence-corrected chi connectivity index (χ2v) is 8.25. The van der Waals surface area contributed by atoms with Gasteiger partial charge in [-0.1, -0.05) is 43.0 Å². The number of carbonyl (C=O) groups is 1. The highest BCUT2D eigenvalue weighted by atomic mass is 31.2. The molecule has 0 aliphatic heterocycles. The normalized spacial score (nSPS) is 13.0. The summed E-state index contributed by atoms with van der Waals surface area (Å²) in [6.07, 6.45) is 0.759. The molecule has 1 rings (SSSR count). The minimum Gasteiger partial charge on any atom is -0.444 e. The largest absolute Gasteiger partial charge is 0.444 e. The molecule has 0 unspecified atom stereocenters. The van der Waals surface area contributed by atoms with Crippen LogP contribution in [0.2, 0.25) is 0 Å². The van der Waals surface area contributed by atoms with Crippen LogP contribution in [0.15, 0.2) is 48.4 Å². The van der Waals surface area contributed by atoms with E-state index < -0.39 is 19.3 Å². The van der Waals surface area contributed by atoms with Crippen molar-refractivity contribution in [3.8, 4) is 0 Å². The van der Waals surface area contributed by atoms with Gasteiger partial charge in [0.25, 0.3) is 0 Å². The lowest BCUT2D eigenvalue weighted by Gasteiger charge is -2.25. The molecule has 0 saturated carbocycles. The maximum Gasteiger partial charge on any atom is 0.412 e. The van der Waals surface area contributed by atoms with Gasteiger partial charge in [0.15, 0.2) is 0 Å². The first-order valence-electron chi connectivity index (χ1n) is 8.48. The molecule has 0 radical (unpaired) electrons. The van der Waals surface area contributed by atoms with Crippen LogP contribution in [0.4, 0.5) is 4.79 Å². The molecule has 0 atom stereocenters. The maximum absolute atomic E-state index is 13.4. The third-order valence-electron chi connectivity index (χ3n) is 3.04. The van der Waals surface area contributed by atoms with E-state index in [2.05, 4.69) is 11.9 Å². The van der Waals surface area contributed by atoms with Crippen LogP contribution < -0.4 is 5.32 Å². The number of rotatable bonds is 8. The fraction of sp³-hybridized carbons (Fsp3) is 0.421. The third-order valence-corrected chi connectivity index (χ3v) is 5.13. The Balaban J connectivity index is 3.49. The van der Waals surface area contributed by atoms with Crippen molar-refractivity contribution in [3.63, 3.8) is 0 Å². The number of benzene rings is 1. The molecule has 26 heavy (non-hydrogen) atoms. The average Bonchev–Trinajstić information content (AvgIpc) is 2.54. The van der Waals surface area contributed by atoms with Gasteiger partial charge in [0, 0.05) is 5.57 Å². The first kappa shape index (κ1) is 22.2. The molecule has 0 spiro atoms. The van der Waals surface area contributed by atoms with Gasteiger partial charge >= 0.3 is 13.7 Å². The topological polar surface area (TPSA) is 73.9 Å². The third kappa shape index (κ3) is 6.45. The molecule has 1 amide bonds. The number of alkyl carbamates (subject to hydrolysis) is 1. The fourth-order valence-corrected chi connectivity index (χ4v) is 3.92. The predicted octanol–water partition coefficient (Wildman–Crippen LogP) is 5.33. The minimum absolute atomic E-state index is 0.0108. The summed E-state index contributed by atoms with van der Waals surface area (Å²) in [6, 6.07) is 9.15. The molecule has 0 fully saturated rings. The van der Waals surface area contributed by atoms with Gasteiger partial charge < -0.3 is 13.8 Å². The van der Waals surface area contributed by atoms with Crippen molar-refractivity contribution in [2.75, 3.05) is 13.2 Å². The first-order chi connectivity index (χ1) is 12.2. The fourth-order valence-electron chi connectivity index (χ4n) is 2.16. The van der Waals surface area contributed by atoms with Crippen LogP contribution in [0.5, 0.6) is 0 Å². The lowest BCUT2D eigenvalue weighted by molar-refractivity contribution is 0.0546. The number of hydrogen-bond donors (Lipinski definition) is 1. The van der Waals surface area contributed by atoms with Gasteiger partial charge in [-0.3, -0.25) is 9.88 Å². The van der Waals surface area contributed by atoms with Gasteiger partial charge in [0.1, 0.15) is 11.0 Å². The summed E-state index contributed by atoms with van der Waals surface area (Å²) < 4.78 is 29.5. The second-order valence-electron chi connectivity index (χ2n) is 6.29. The molecule has 6 nitrogen and oxygen atoms in total. The maximum atomic E-state index is 13.4. The summed E-state index contributed by atoms with van der Waals surface area (Å²) in [7, 11) is -3.79. The summed E-state index contributed by atoms with van der Waals surface area (Å²) in [5.74, 6) is 0. The van der Waals surface area contributed by atoms with E-state index in [9.17, 15) is 9.36 Å². The van der Waals surface area contributed by atoms with Gasteiger partial charge in [-0.15, -0.1) is 0 Å². The van der Waals surface area contributed by atoms with E-state index in [0.29, 0.717) is 11.1 Å². The van der Waals surface area contributed by atoms with Crippen molar-refractivity contribution >= 4 is 19.3 Å². The van der Waals surface area contributed by atoms with Crippen LogP contribution in [0.3, 0.4) is 0 Å². The lowest BCUT2D eigenvalue weighted by Crippen LogP contribution is -2.33. The van der Waals surface area contributed by atoms with Gasteiger partial charge in [0.2, 0.25) is 0 Å². The lowest BCUT2D eigenvalue weighted by atomic mass is 10.1. The van der Waals surface area contributed by atoms with Crippen molar-refractivity contribution in [2.45, 2.75) is 40.2 Å². The summed E-state index contributed by atoms with van der Waals surface area (Å²) in [5, 5.41) is 2.57. The molecule has 0 aliphatic carbocycles. The van der Waals surface area contributed by atoms with E-state index in [1.807, 2.05) is 30.3 Å². The van der Waals surface area contributed by atoms with Gasteiger partial charge in [-0.05, 0) is 40.2 Å². The van der Waals surface area contributed by atoms with Crippen molar-refractivity contribution in [1.82, 2.24) is 5.32 Å². The molecule has 0 aliphatic rings. The van der Waals surface area contributed by atoms with E-state index in [-0.39, 0.29) is 18.7 Å². The second kappa shape index (κ2) is 9.72. The molecular formula is C19H28NO5P. The van der Waals surface area contributed by atoms with Gasteiger partial charge in [-0.2, -0.15) is 0 Å². The Morgan fingerprint density at radius 3 is 2.12 bits per heavy atom. The Morgan fingerprint density at radius 1 is 1.15 bits per heavy atom. The van der Waals surface area contributed by atoms with Crippen molar-refractivity contribution < 1.29 is 23.1 Å². The van der Waals surface area contributed by atoms with E-state index in [1.54, 1.807) is 34.6 Å². The molecule has 0 saturated heterocycles. The Bertz CT molecular complexity index is 682. The van der Waals surface area contributed by atoms with Crippen LogP contribution in [0.1, 0.15) is 40.2 Å². The zero-order chi connectivity index (χ0) is 19.8. The molecule has 1 N–H and O–H groups in total. The van der Waals surface area contributed by atoms with Crippen molar-refractivity contribution in [3.05, 3.63) is 54.0 Å². The van der Waals surface area contributed by atoms with E-state index in [0.717, 1.165) is 0 Å². The molecular weight excluding hydrogens is 353 g/mol. The van der Waals surface area contributed by atoms with Gasteiger partial charge in [-0.25, -0.2) is 4.79 Å². The molecule has 0 heterocycles. The average molecular weight is 381 g/mol. The summed E-state index contributed by atoms with van der Waals surface area (Å²) >= 11 is 0. The first-order valence-corrected chi connectivity index (χ1v) is 10.0. The van der Waals surface area contributed by atoms with Crippen LogP contribution in [0, 0.1) is 0 Å². The Labute approximate surface area is 155 Å². The predicted molar refractivity (Wildman–Crippen MR) is 104 cm³/mol. The molecule has 1 aromatic rings. The summed E-state index contributed by atoms with van der Waals surface area (Å²) in [5.41, 5.74) is 0.462. The van der Waals surface area contributed by atoms with E-state index in [4.69, 9.17) is 13.8 Å². The number of hydrogen-bond acceptors (Lipinski definition) is 5. The van der Waals surface area contributed by atoms with Gasteiger partial charge in [0.05, 0.1) is 13.2 Å². The molecule has 0 aromatic heterocycles. The quantitative estimate of drug-likeness (QED) is 0.486. The standard InChI is InChI=1S/C19H28NO5P/c1-7-16(15-13-11-10-12-14-15)17(20-18(21)25-19(4,5)6)26(22,23-8-2)24-9-3/h7,10-14H,1,8-9H2,2-6H3,(H,20,21)/b17-16-. The summed E-state index contributed by atoms with van der Waals surface area (Å²) in [4.78, 5) is 12.3. The Morgan fingerprint density at radius 2 is 1.69 bits per heavy atom. The molecule has 7 heteroatoms. The highest BCUT2D eigenvalue weighted by molar-refractivity contribution is 7.58. The zero-order valence-corrected chi connectivity index (χ0v) is 17.0. The van der Waals surface area contributed by atoms with E-state index in [1.165, 1.54) is 6.08 Å². The Hall–Kier alpha value is -1.88. The number of amides is 1. The highest BCUT2D eigenvalue weighted by Crippen LogP contribution is 2.57. The van der Waals surface area contributed by atoms with Crippen LogP contribution in [-0.4, -0.2) is 24.9 Å². The number of carbonyl (C=O) groups excluding carboxylic acids is 1. The van der Waals surface area contributed by atoms with Crippen LogP contribution in [0.25, 0.3) is 5.57 Å².